The molecule has 1 aliphatic rings. The van der Waals surface area contributed by atoms with Crippen LogP contribution in [0.2, 0.25) is 5.02 Å². The van der Waals surface area contributed by atoms with Crippen LogP contribution in [-0.2, 0) is 4.79 Å². The first-order chi connectivity index (χ1) is 14.4. The Bertz CT molecular complexity index is 1100. The maximum Gasteiger partial charge on any atom is 0.219 e. The van der Waals surface area contributed by atoms with Crippen molar-refractivity contribution >= 4 is 28.8 Å². The van der Waals surface area contributed by atoms with Crippen molar-refractivity contribution in [3.63, 3.8) is 0 Å². The summed E-state index contributed by atoms with van der Waals surface area (Å²) in [6.45, 7) is 6.03. The second kappa shape index (κ2) is 8.07. The second-order valence-corrected chi connectivity index (χ2v) is 7.88. The molecule has 7 nitrogen and oxygen atoms in total. The molecule has 3 heterocycles. The van der Waals surface area contributed by atoms with E-state index in [-0.39, 0.29) is 11.9 Å². The van der Waals surface area contributed by atoms with Crippen LogP contribution in [0.15, 0.2) is 36.7 Å². The average molecular weight is 429 g/mol. The fraction of sp³-hybridized carbons (Fsp3) is 0.364. The minimum Gasteiger partial charge on any atom is -0.496 e. The summed E-state index contributed by atoms with van der Waals surface area (Å²) in [4.78, 5) is 20.8. The first kappa shape index (κ1) is 20.3. The van der Waals surface area contributed by atoms with E-state index in [2.05, 4.69) is 24.0 Å². The Balaban J connectivity index is 1.66. The molecule has 1 unspecified atom stereocenters. The summed E-state index contributed by atoms with van der Waals surface area (Å²) in [7, 11) is 3.19. The topological polar surface area (TPSA) is 59.3 Å². The molecule has 1 saturated heterocycles. The smallest absolute Gasteiger partial charge is 0.219 e. The summed E-state index contributed by atoms with van der Waals surface area (Å²) in [5, 5.41) is 0.503. The molecule has 0 N–H and O–H groups in total. The largest absolute Gasteiger partial charge is 0.496 e. The predicted octanol–water partition coefficient (Wildman–Crippen LogP) is 3.73. The van der Waals surface area contributed by atoms with Gasteiger partial charge in [-0.05, 0) is 19.1 Å². The van der Waals surface area contributed by atoms with Gasteiger partial charge in [0.25, 0.3) is 0 Å². The summed E-state index contributed by atoms with van der Waals surface area (Å²) >= 11 is 6.33. The SMILES string of the molecule is COc1cc(OC)c(-c2cn3ccc(N4CCN(C(C)=O)C(C)C4)cc3n2)cc1Cl. The van der Waals surface area contributed by atoms with E-state index in [1.807, 2.05) is 27.8 Å². The number of fused-ring (bicyclic) bond motifs is 1. The fourth-order valence-corrected chi connectivity index (χ4v) is 4.26. The minimum atomic E-state index is 0.127. The zero-order valence-corrected chi connectivity index (χ0v) is 18.3. The number of hydrogen-bond acceptors (Lipinski definition) is 5. The van der Waals surface area contributed by atoms with Crippen molar-refractivity contribution in [1.29, 1.82) is 0 Å². The Morgan fingerprint density at radius 3 is 2.60 bits per heavy atom. The lowest BCUT2D eigenvalue weighted by molar-refractivity contribution is -0.131. The Hall–Kier alpha value is -2.93. The number of rotatable bonds is 4. The van der Waals surface area contributed by atoms with Crippen LogP contribution in [0.4, 0.5) is 5.69 Å². The molecule has 1 atom stereocenters. The van der Waals surface area contributed by atoms with Gasteiger partial charge in [0.15, 0.2) is 0 Å². The molecule has 4 rings (SSSR count). The number of carbonyl (C=O) groups is 1. The number of nitrogens with zero attached hydrogens (tertiary/aromatic N) is 4. The zero-order valence-electron chi connectivity index (χ0n) is 17.6. The molecule has 0 spiro atoms. The summed E-state index contributed by atoms with van der Waals surface area (Å²) in [6, 6.07) is 7.89. The second-order valence-electron chi connectivity index (χ2n) is 7.47. The van der Waals surface area contributed by atoms with Gasteiger partial charge in [-0.3, -0.25) is 4.79 Å². The number of pyridine rings is 1. The quantitative estimate of drug-likeness (QED) is 0.633. The highest BCUT2D eigenvalue weighted by Crippen LogP contribution is 2.38. The Labute approximate surface area is 180 Å². The number of benzene rings is 1. The summed E-state index contributed by atoms with van der Waals surface area (Å²) in [5.41, 5.74) is 3.49. The van der Waals surface area contributed by atoms with Crippen molar-refractivity contribution in [1.82, 2.24) is 14.3 Å². The molecule has 0 bridgehead atoms. The van der Waals surface area contributed by atoms with Crippen LogP contribution in [0.3, 0.4) is 0 Å². The maximum absolute atomic E-state index is 11.7. The molecule has 3 aromatic rings. The zero-order chi connectivity index (χ0) is 21.4. The number of amides is 1. The first-order valence-corrected chi connectivity index (χ1v) is 10.2. The molecule has 8 heteroatoms. The monoisotopic (exact) mass is 428 g/mol. The molecule has 1 aliphatic heterocycles. The number of aromatic nitrogens is 2. The third-order valence-electron chi connectivity index (χ3n) is 5.59. The Morgan fingerprint density at radius 1 is 1.17 bits per heavy atom. The van der Waals surface area contributed by atoms with Crippen molar-refractivity contribution in [2.75, 3.05) is 38.8 Å². The number of anilines is 1. The van der Waals surface area contributed by atoms with E-state index in [1.54, 1.807) is 27.2 Å². The van der Waals surface area contributed by atoms with Crippen LogP contribution < -0.4 is 14.4 Å². The van der Waals surface area contributed by atoms with Gasteiger partial charge in [-0.1, -0.05) is 11.6 Å². The first-order valence-electron chi connectivity index (χ1n) is 9.84. The molecule has 30 heavy (non-hydrogen) atoms. The number of piperazine rings is 1. The molecule has 1 fully saturated rings. The third-order valence-corrected chi connectivity index (χ3v) is 5.89. The van der Waals surface area contributed by atoms with Crippen molar-refractivity contribution in [3.05, 3.63) is 41.7 Å². The van der Waals surface area contributed by atoms with Gasteiger partial charge in [-0.15, -0.1) is 0 Å². The van der Waals surface area contributed by atoms with Gasteiger partial charge in [-0.25, -0.2) is 4.98 Å². The Morgan fingerprint density at radius 2 is 1.93 bits per heavy atom. The van der Waals surface area contributed by atoms with Crippen LogP contribution in [0.5, 0.6) is 11.5 Å². The van der Waals surface area contributed by atoms with Crippen molar-refractivity contribution in [3.8, 4) is 22.8 Å². The van der Waals surface area contributed by atoms with Gasteiger partial charge in [0, 0.05) is 68.4 Å². The Kier molecular flexibility index (Phi) is 5.47. The van der Waals surface area contributed by atoms with E-state index in [0.29, 0.717) is 16.5 Å². The van der Waals surface area contributed by atoms with Crippen LogP contribution >= 0.6 is 11.6 Å². The minimum absolute atomic E-state index is 0.127. The van der Waals surface area contributed by atoms with E-state index in [4.69, 9.17) is 26.1 Å². The molecule has 1 amide bonds. The molecule has 0 radical (unpaired) electrons. The molecule has 2 aromatic heterocycles. The number of ether oxygens (including phenoxy) is 2. The van der Waals surface area contributed by atoms with Gasteiger partial charge < -0.3 is 23.7 Å². The fourth-order valence-electron chi connectivity index (χ4n) is 4.02. The lowest BCUT2D eigenvalue weighted by Gasteiger charge is -2.40. The van der Waals surface area contributed by atoms with Gasteiger partial charge >= 0.3 is 0 Å². The van der Waals surface area contributed by atoms with Crippen LogP contribution in [0.25, 0.3) is 16.9 Å². The highest BCUT2D eigenvalue weighted by Gasteiger charge is 2.25. The lowest BCUT2D eigenvalue weighted by atomic mass is 10.1. The third kappa shape index (κ3) is 3.65. The number of carbonyl (C=O) groups excluding carboxylic acids is 1. The maximum atomic E-state index is 11.7. The van der Waals surface area contributed by atoms with E-state index in [0.717, 1.165) is 42.2 Å². The van der Waals surface area contributed by atoms with E-state index in [9.17, 15) is 4.79 Å². The highest BCUT2D eigenvalue weighted by molar-refractivity contribution is 6.32. The molecule has 0 saturated carbocycles. The van der Waals surface area contributed by atoms with Crippen LogP contribution in [-0.4, -0.2) is 60.1 Å². The normalized spacial score (nSPS) is 16.8. The highest BCUT2D eigenvalue weighted by atomic mass is 35.5. The molecule has 158 valence electrons. The number of methoxy groups -OCH3 is 2. The van der Waals surface area contributed by atoms with Crippen LogP contribution in [0.1, 0.15) is 13.8 Å². The average Bonchev–Trinajstić information content (AvgIpc) is 3.16. The summed E-state index contributed by atoms with van der Waals surface area (Å²) in [5.74, 6) is 1.33. The van der Waals surface area contributed by atoms with Crippen molar-refractivity contribution in [2.24, 2.45) is 0 Å². The molecular formula is C22H25ClN4O3. The molecule has 1 aromatic carbocycles. The molecule has 0 aliphatic carbocycles. The number of halogens is 1. The predicted molar refractivity (Wildman–Crippen MR) is 118 cm³/mol. The molecular weight excluding hydrogens is 404 g/mol. The van der Waals surface area contributed by atoms with E-state index < -0.39 is 0 Å². The van der Waals surface area contributed by atoms with Gasteiger partial charge in [0.05, 0.1) is 24.9 Å². The summed E-state index contributed by atoms with van der Waals surface area (Å²) in [6.07, 6.45) is 3.96. The van der Waals surface area contributed by atoms with Crippen molar-refractivity contribution in [2.45, 2.75) is 19.9 Å². The van der Waals surface area contributed by atoms with Crippen molar-refractivity contribution < 1.29 is 14.3 Å². The lowest BCUT2D eigenvalue weighted by Crippen LogP contribution is -2.53. The van der Waals surface area contributed by atoms with Gasteiger partial charge in [0.1, 0.15) is 17.1 Å². The van der Waals surface area contributed by atoms with E-state index >= 15 is 0 Å². The standard InChI is InChI=1S/C22H25ClN4O3/c1-14-12-25(7-8-27(14)15(2)28)16-5-6-26-13-19(24-22(26)9-16)17-10-18(23)21(30-4)11-20(17)29-3/h5-6,9-11,13-14H,7-8,12H2,1-4H3. The number of hydrogen-bond donors (Lipinski definition) is 0. The number of imidazole rings is 1. The van der Waals surface area contributed by atoms with Crippen LogP contribution in [0, 0.1) is 0 Å². The van der Waals surface area contributed by atoms with Gasteiger partial charge in [-0.2, -0.15) is 0 Å². The summed E-state index contributed by atoms with van der Waals surface area (Å²) < 4.78 is 12.8. The van der Waals surface area contributed by atoms with E-state index in [1.165, 1.54) is 0 Å². The van der Waals surface area contributed by atoms with Gasteiger partial charge in [0.2, 0.25) is 5.91 Å².